The highest BCUT2D eigenvalue weighted by atomic mass is 79.9. The van der Waals surface area contributed by atoms with Crippen LogP contribution in [0, 0.1) is 10.1 Å². The molecule has 1 aliphatic heterocycles. The second kappa shape index (κ2) is 16.0. The van der Waals surface area contributed by atoms with Crippen LogP contribution in [0.5, 0.6) is 17.2 Å². The molecular formula is C31H29Br2N5O9. The number of non-ortho nitro benzene ring substituents is 1. The number of nitrogens with zero attached hydrogens (tertiary/aromatic N) is 2. The Bertz CT molecular complexity index is 1750. The van der Waals surface area contributed by atoms with E-state index in [1.165, 1.54) is 25.5 Å². The molecule has 14 nitrogen and oxygen atoms in total. The molecule has 0 aliphatic carbocycles. The van der Waals surface area contributed by atoms with Gasteiger partial charge < -0.3 is 29.6 Å². The maximum absolute atomic E-state index is 12.6. The second-order valence-electron chi connectivity index (χ2n) is 9.80. The molecule has 0 saturated heterocycles. The Morgan fingerprint density at radius 2 is 1.83 bits per heavy atom. The summed E-state index contributed by atoms with van der Waals surface area (Å²) in [7, 11) is 1.42. The molecule has 1 aliphatic rings. The summed E-state index contributed by atoms with van der Waals surface area (Å²) in [4.78, 5) is 47.8. The average Bonchev–Trinajstić information content (AvgIpc) is 3.03. The van der Waals surface area contributed by atoms with Gasteiger partial charge in [0.25, 0.3) is 11.6 Å². The van der Waals surface area contributed by atoms with Crippen LogP contribution in [-0.4, -0.2) is 49.4 Å². The molecule has 0 unspecified atom stereocenters. The minimum atomic E-state index is -0.801. The number of ether oxygens (including phenoxy) is 4. The molecule has 0 bridgehead atoms. The highest BCUT2D eigenvalue weighted by Gasteiger charge is 2.32. The number of rotatable bonds is 13. The SMILES string of the molecule is CCOC(=O)C1=C(C)NC(=O)N[C@@H]1c1ccc(OCC(=O)N/N=C/c2cc(Br)cc(Br)c2OCc2ccc([N+](=O)[O-])cc2)c(OC)c1. The number of hydrazone groups is 1. The lowest BCUT2D eigenvalue weighted by Gasteiger charge is -2.28. The largest absolute Gasteiger partial charge is 0.493 e. The van der Waals surface area contributed by atoms with E-state index in [4.69, 9.17) is 18.9 Å². The Labute approximate surface area is 285 Å². The molecule has 47 heavy (non-hydrogen) atoms. The lowest BCUT2D eigenvalue weighted by molar-refractivity contribution is -0.384. The molecule has 3 N–H and O–H groups in total. The first-order valence-corrected chi connectivity index (χ1v) is 15.5. The van der Waals surface area contributed by atoms with E-state index in [1.54, 1.807) is 56.3 Å². The van der Waals surface area contributed by atoms with Crippen molar-refractivity contribution < 1.29 is 38.3 Å². The third-order valence-electron chi connectivity index (χ3n) is 6.60. The Morgan fingerprint density at radius 3 is 2.51 bits per heavy atom. The molecule has 0 saturated carbocycles. The van der Waals surface area contributed by atoms with Gasteiger partial charge in [-0.1, -0.05) is 22.0 Å². The van der Waals surface area contributed by atoms with Crippen molar-refractivity contribution in [3.8, 4) is 17.2 Å². The van der Waals surface area contributed by atoms with Gasteiger partial charge in [0, 0.05) is 27.9 Å². The highest BCUT2D eigenvalue weighted by Crippen LogP contribution is 2.35. The van der Waals surface area contributed by atoms with E-state index in [0.717, 1.165) is 4.47 Å². The summed E-state index contributed by atoms with van der Waals surface area (Å²) >= 11 is 6.89. The van der Waals surface area contributed by atoms with Gasteiger partial charge in [-0.25, -0.2) is 15.0 Å². The van der Waals surface area contributed by atoms with Crippen molar-refractivity contribution in [3.63, 3.8) is 0 Å². The van der Waals surface area contributed by atoms with Crippen molar-refractivity contribution in [2.45, 2.75) is 26.5 Å². The molecule has 246 valence electrons. The van der Waals surface area contributed by atoms with E-state index in [2.05, 4.69) is 53.0 Å². The molecule has 0 fully saturated rings. The van der Waals surface area contributed by atoms with E-state index in [0.29, 0.717) is 32.6 Å². The van der Waals surface area contributed by atoms with Crippen LogP contribution in [0.2, 0.25) is 0 Å². The fourth-order valence-corrected chi connectivity index (χ4v) is 5.83. The van der Waals surface area contributed by atoms with Crippen LogP contribution in [0.25, 0.3) is 0 Å². The van der Waals surface area contributed by atoms with Gasteiger partial charge in [0.15, 0.2) is 18.1 Å². The van der Waals surface area contributed by atoms with Crippen molar-refractivity contribution >= 4 is 61.7 Å². The first-order chi connectivity index (χ1) is 22.5. The van der Waals surface area contributed by atoms with Crippen LogP contribution in [0.15, 0.2) is 79.9 Å². The maximum atomic E-state index is 12.6. The Balaban J connectivity index is 1.40. The lowest BCUT2D eigenvalue weighted by atomic mass is 9.95. The van der Waals surface area contributed by atoms with E-state index in [1.807, 2.05) is 0 Å². The van der Waals surface area contributed by atoms with E-state index < -0.39 is 35.5 Å². The fraction of sp³-hybridized carbons (Fsp3) is 0.226. The first kappa shape index (κ1) is 34.9. The number of esters is 1. The molecule has 3 aromatic carbocycles. The van der Waals surface area contributed by atoms with Gasteiger partial charge in [-0.3, -0.25) is 14.9 Å². The number of nitro groups is 1. The smallest absolute Gasteiger partial charge is 0.338 e. The van der Waals surface area contributed by atoms with Gasteiger partial charge in [-0.05, 0) is 77.3 Å². The summed E-state index contributed by atoms with van der Waals surface area (Å²) in [6.45, 7) is 3.18. The quantitative estimate of drug-likeness (QED) is 0.0884. The van der Waals surface area contributed by atoms with Crippen molar-refractivity contribution in [2.24, 2.45) is 5.10 Å². The Hall–Kier alpha value is -4.96. The minimum Gasteiger partial charge on any atom is -0.493 e. The van der Waals surface area contributed by atoms with Crippen LogP contribution in [0.4, 0.5) is 10.5 Å². The molecule has 16 heteroatoms. The van der Waals surface area contributed by atoms with Gasteiger partial charge in [0.2, 0.25) is 0 Å². The lowest BCUT2D eigenvalue weighted by Crippen LogP contribution is -2.45. The maximum Gasteiger partial charge on any atom is 0.338 e. The standard InChI is InChI=1S/C31H29Br2N5O9/c1-4-45-30(40)27-17(2)35-31(41)36-28(27)19-7-10-24(25(12-19)44-3)46-16-26(39)37-34-14-20-11-21(32)13-23(33)29(20)47-15-18-5-8-22(9-6-18)38(42)43/h5-14,28H,4,15-16H2,1-3H3,(H,37,39)(H2,35,36,41)/b34-14+/t28-/m1/s1. The predicted molar refractivity (Wildman–Crippen MR) is 177 cm³/mol. The molecular weight excluding hydrogens is 746 g/mol. The number of methoxy groups -OCH3 is 1. The summed E-state index contributed by atoms with van der Waals surface area (Å²) in [5, 5.41) is 20.2. The Kier molecular flexibility index (Phi) is 11.9. The summed E-state index contributed by atoms with van der Waals surface area (Å²) in [5.41, 5.74) is 4.78. The zero-order chi connectivity index (χ0) is 34.1. The summed E-state index contributed by atoms with van der Waals surface area (Å²) in [6, 6.07) is 13.0. The van der Waals surface area contributed by atoms with Gasteiger partial charge in [0.1, 0.15) is 12.4 Å². The molecule has 1 atom stereocenters. The summed E-state index contributed by atoms with van der Waals surface area (Å²) < 4.78 is 23.6. The first-order valence-electron chi connectivity index (χ1n) is 13.9. The number of hydrogen-bond donors (Lipinski definition) is 3. The van der Waals surface area contributed by atoms with Crippen LogP contribution >= 0.6 is 31.9 Å². The molecule has 1 heterocycles. The minimum absolute atomic E-state index is 0.0223. The van der Waals surface area contributed by atoms with Crippen molar-refractivity contribution in [1.29, 1.82) is 0 Å². The van der Waals surface area contributed by atoms with Gasteiger partial charge in [-0.2, -0.15) is 5.10 Å². The van der Waals surface area contributed by atoms with E-state index in [9.17, 15) is 24.5 Å². The number of benzene rings is 3. The Morgan fingerprint density at radius 1 is 1.09 bits per heavy atom. The number of carbonyl (C=O) groups excluding carboxylic acids is 3. The van der Waals surface area contributed by atoms with Crippen molar-refractivity contribution in [1.82, 2.24) is 16.1 Å². The normalized spacial score (nSPS) is 14.2. The number of nitro benzene ring substituents is 1. The van der Waals surface area contributed by atoms with Gasteiger partial charge in [0.05, 0.1) is 40.9 Å². The van der Waals surface area contributed by atoms with Crippen LogP contribution in [0.1, 0.15) is 36.6 Å². The number of allylic oxidation sites excluding steroid dienone is 1. The number of hydrogen-bond acceptors (Lipinski definition) is 10. The number of carbonyl (C=O) groups is 3. The summed E-state index contributed by atoms with van der Waals surface area (Å²) in [5.74, 6) is -0.194. The van der Waals surface area contributed by atoms with E-state index >= 15 is 0 Å². The summed E-state index contributed by atoms with van der Waals surface area (Å²) in [6.07, 6.45) is 1.40. The van der Waals surface area contributed by atoms with E-state index in [-0.39, 0.29) is 36.0 Å². The van der Waals surface area contributed by atoms with Crippen molar-refractivity contribution in [3.05, 3.63) is 102 Å². The highest BCUT2D eigenvalue weighted by molar-refractivity contribution is 9.11. The molecule has 0 spiro atoms. The monoisotopic (exact) mass is 773 g/mol. The number of amides is 3. The number of urea groups is 1. The van der Waals surface area contributed by atoms with Crippen LogP contribution in [-0.2, 0) is 20.9 Å². The topological polar surface area (TPSA) is 180 Å². The zero-order valence-electron chi connectivity index (χ0n) is 25.3. The molecule has 3 aromatic rings. The van der Waals surface area contributed by atoms with Gasteiger partial charge in [-0.15, -0.1) is 0 Å². The van der Waals surface area contributed by atoms with Crippen molar-refractivity contribution in [2.75, 3.05) is 20.3 Å². The van der Waals surface area contributed by atoms with Gasteiger partial charge >= 0.3 is 12.0 Å². The fourth-order valence-electron chi connectivity index (χ4n) is 4.45. The zero-order valence-corrected chi connectivity index (χ0v) is 28.5. The molecule has 4 rings (SSSR count). The average molecular weight is 775 g/mol. The number of halogens is 2. The molecule has 3 amide bonds. The molecule has 0 radical (unpaired) electrons. The second-order valence-corrected chi connectivity index (χ2v) is 11.6. The molecule has 0 aromatic heterocycles. The predicted octanol–water partition coefficient (Wildman–Crippen LogP) is 5.43. The third kappa shape index (κ3) is 9.07. The van der Waals surface area contributed by atoms with Crippen LogP contribution < -0.4 is 30.3 Å². The number of nitrogens with one attached hydrogen (secondary N) is 3. The third-order valence-corrected chi connectivity index (χ3v) is 7.65. The van der Waals surface area contributed by atoms with Crippen LogP contribution in [0.3, 0.4) is 0 Å².